The molecule has 7 heavy (non-hydrogen) atoms. The first-order chi connectivity index (χ1) is 2.56. The second-order valence-corrected chi connectivity index (χ2v) is 2.30. The smallest absolute Gasteiger partial charge is 0.0879 e. The van der Waals surface area contributed by atoms with E-state index in [1.807, 2.05) is 6.20 Å². The molecule has 0 aliphatic rings. The van der Waals surface area contributed by atoms with E-state index in [1.54, 1.807) is 0 Å². The number of nitrogens with zero attached hydrogens (tertiary/aromatic N) is 1. The van der Waals surface area contributed by atoms with E-state index in [1.165, 1.54) is 0 Å². The largest absolute Gasteiger partial charge is 0.305 e. The number of hydrogen-bond donors (Lipinski definition) is 0. The molecule has 0 spiro atoms. The van der Waals surface area contributed by atoms with E-state index in [0.29, 0.717) is 0 Å². The van der Waals surface area contributed by atoms with Crippen LogP contribution in [0.15, 0.2) is 12.8 Å². The highest BCUT2D eigenvalue weighted by Gasteiger charge is 1.94. The summed E-state index contributed by atoms with van der Waals surface area (Å²) in [5.41, 5.74) is 0. The minimum absolute atomic E-state index is 0. The molecule has 0 heterocycles. The van der Waals surface area contributed by atoms with E-state index in [0.717, 1.165) is 4.48 Å². The Hall–Kier alpha value is 0.180. The van der Waals surface area contributed by atoms with Crippen molar-refractivity contribution in [3.8, 4) is 0 Å². The van der Waals surface area contributed by atoms with Crippen molar-refractivity contribution in [2.45, 2.75) is 0 Å². The van der Waals surface area contributed by atoms with Crippen LogP contribution in [0.4, 0.5) is 0 Å². The predicted molar refractivity (Wildman–Crippen MR) is 38.6 cm³/mol. The lowest BCUT2D eigenvalue weighted by atomic mass is 10.7. The van der Waals surface area contributed by atoms with Crippen LogP contribution in [0.5, 0.6) is 0 Å². The Morgan fingerprint density at radius 2 is 1.43 bits per heavy atom. The Morgan fingerprint density at radius 3 is 1.43 bits per heavy atom. The maximum Gasteiger partial charge on any atom is 0.0879 e. The molecular weight excluding hydrogens is 154 g/mol. The molecule has 0 aromatic rings. The molecule has 0 bridgehead atoms. The Balaban J connectivity index is 0. The summed E-state index contributed by atoms with van der Waals surface area (Å²) in [6, 6.07) is 0. The third-order valence-electron chi connectivity index (χ3n) is 0.548. The topological polar surface area (TPSA) is 0 Å². The van der Waals surface area contributed by atoms with Gasteiger partial charge in [-0.25, -0.2) is 0 Å². The lowest BCUT2D eigenvalue weighted by Gasteiger charge is -2.15. The summed E-state index contributed by atoms with van der Waals surface area (Å²) >= 11 is 0. The van der Waals surface area contributed by atoms with Crippen LogP contribution in [0.25, 0.3) is 0 Å². The van der Waals surface area contributed by atoms with Crippen LogP contribution in [-0.2, 0) is 0 Å². The van der Waals surface area contributed by atoms with Gasteiger partial charge >= 0.3 is 0 Å². The van der Waals surface area contributed by atoms with Crippen molar-refractivity contribution in [1.82, 2.24) is 0 Å². The van der Waals surface area contributed by atoms with Crippen molar-refractivity contribution in [3.05, 3.63) is 12.8 Å². The molecule has 0 aliphatic heterocycles. The first kappa shape index (κ1) is 10.2. The van der Waals surface area contributed by atoms with E-state index < -0.39 is 0 Å². The van der Waals surface area contributed by atoms with Crippen LogP contribution in [0.2, 0.25) is 0 Å². The first-order valence-electron chi connectivity index (χ1n) is 2.01. The number of quaternary nitrogens is 1. The fourth-order valence-corrected chi connectivity index (χ4v) is 0. The van der Waals surface area contributed by atoms with Gasteiger partial charge < -0.3 is 4.48 Å². The predicted octanol–water partition coefficient (Wildman–Crippen LogP) is 1.41. The van der Waals surface area contributed by atoms with Crippen LogP contribution in [0.3, 0.4) is 0 Å². The van der Waals surface area contributed by atoms with Crippen LogP contribution in [0.1, 0.15) is 0 Å². The van der Waals surface area contributed by atoms with E-state index in [2.05, 4.69) is 27.7 Å². The normalized spacial score (nSPS) is 9.57. The molecule has 0 atom stereocenters. The van der Waals surface area contributed by atoms with Gasteiger partial charge in [0.25, 0.3) is 0 Å². The molecule has 0 aromatic heterocycles. The summed E-state index contributed by atoms with van der Waals surface area (Å²) in [5.74, 6) is 0. The van der Waals surface area contributed by atoms with Crippen molar-refractivity contribution in [3.63, 3.8) is 0 Å². The fraction of sp³-hybridized carbons (Fsp3) is 0.600. The molecule has 0 saturated heterocycles. The summed E-state index contributed by atoms with van der Waals surface area (Å²) in [6.45, 7) is 3.60. The van der Waals surface area contributed by atoms with Gasteiger partial charge in [-0.15, -0.1) is 17.0 Å². The number of hydrogen-bond acceptors (Lipinski definition) is 0. The molecule has 44 valence electrons. The molecule has 2 heteroatoms. The van der Waals surface area contributed by atoms with E-state index >= 15 is 0 Å². The van der Waals surface area contributed by atoms with Gasteiger partial charge in [0.15, 0.2) is 0 Å². The summed E-state index contributed by atoms with van der Waals surface area (Å²) in [6.07, 6.45) is 1.88. The summed E-state index contributed by atoms with van der Waals surface area (Å²) < 4.78 is 0.833. The minimum atomic E-state index is 0. The van der Waals surface area contributed by atoms with Gasteiger partial charge in [-0.1, -0.05) is 0 Å². The highest BCUT2D eigenvalue weighted by molar-refractivity contribution is 8.93. The van der Waals surface area contributed by atoms with Crippen LogP contribution in [0, 0.1) is 0 Å². The first-order valence-corrected chi connectivity index (χ1v) is 2.01. The maximum absolute atomic E-state index is 3.60. The van der Waals surface area contributed by atoms with Crippen molar-refractivity contribution in [1.29, 1.82) is 0 Å². The molecule has 0 radical (unpaired) electrons. The summed E-state index contributed by atoms with van der Waals surface area (Å²) in [4.78, 5) is 0. The zero-order valence-corrected chi connectivity index (χ0v) is 6.85. The zero-order valence-electron chi connectivity index (χ0n) is 5.14. The van der Waals surface area contributed by atoms with Gasteiger partial charge in [-0.3, -0.25) is 0 Å². The molecule has 0 N–H and O–H groups in total. The second-order valence-electron chi connectivity index (χ2n) is 2.30. The summed E-state index contributed by atoms with van der Waals surface area (Å²) in [5, 5.41) is 0. The maximum atomic E-state index is 3.60. The minimum Gasteiger partial charge on any atom is -0.305 e. The molecule has 0 aromatic carbocycles. The highest BCUT2D eigenvalue weighted by atomic mass is 79.9. The third kappa shape index (κ3) is 10.7. The SMILES string of the molecule is Br.C=C[N+](C)(C)C. The van der Waals surface area contributed by atoms with Gasteiger partial charge in [0, 0.05) is 0 Å². The van der Waals surface area contributed by atoms with E-state index in [4.69, 9.17) is 0 Å². The summed E-state index contributed by atoms with van der Waals surface area (Å²) in [7, 11) is 6.19. The van der Waals surface area contributed by atoms with E-state index in [-0.39, 0.29) is 17.0 Å². The fourth-order valence-electron chi connectivity index (χ4n) is 0. The highest BCUT2D eigenvalue weighted by Crippen LogP contribution is 1.85. The third-order valence-corrected chi connectivity index (χ3v) is 0.548. The molecule has 0 fully saturated rings. The van der Waals surface area contributed by atoms with Gasteiger partial charge in [-0.2, -0.15) is 0 Å². The van der Waals surface area contributed by atoms with Crippen molar-refractivity contribution < 1.29 is 4.48 Å². The standard InChI is InChI=1S/C5H12N.BrH/c1-5-6(2,3)4;/h5H,1H2,2-4H3;1H/q+1;. The average molecular weight is 167 g/mol. The molecule has 1 nitrogen and oxygen atoms in total. The lowest BCUT2D eigenvalue weighted by molar-refractivity contribution is -0.816. The van der Waals surface area contributed by atoms with E-state index in [9.17, 15) is 0 Å². The van der Waals surface area contributed by atoms with Crippen LogP contribution in [-0.4, -0.2) is 25.6 Å². The molecule has 0 amide bonds. The lowest BCUT2D eigenvalue weighted by Crippen LogP contribution is -2.25. The molecular formula is C5H13BrN+. The Morgan fingerprint density at radius 1 is 1.29 bits per heavy atom. The van der Waals surface area contributed by atoms with Crippen LogP contribution < -0.4 is 0 Å². The average Bonchev–Trinajstić information content (AvgIpc) is 1.35. The molecule has 0 unspecified atom stereocenters. The zero-order chi connectivity index (χ0) is 5.21. The number of halogens is 1. The quantitative estimate of drug-likeness (QED) is 0.518. The molecule has 0 rings (SSSR count). The second kappa shape index (κ2) is 3.22. The van der Waals surface area contributed by atoms with Crippen molar-refractivity contribution in [2.75, 3.05) is 21.1 Å². The number of rotatable bonds is 1. The van der Waals surface area contributed by atoms with Gasteiger partial charge in [0.2, 0.25) is 0 Å². The molecule has 0 aliphatic carbocycles. The van der Waals surface area contributed by atoms with Gasteiger partial charge in [0.1, 0.15) is 0 Å². The Bertz CT molecular complexity index is 53.6. The van der Waals surface area contributed by atoms with Crippen molar-refractivity contribution >= 4 is 17.0 Å². The molecule has 0 saturated carbocycles. The Labute approximate surface area is 56.0 Å². The van der Waals surface area contributed by atoms with Gasteiger partial charge in [-0.05, 0) is 6.58 Å². The Kier molecular flexibility index (Phi) is 4.70. The van der Waals surface area contributed by atoms with Gasteiger partial charge in [0.05, 0.1) is 27.3 Å². The monoisotopic (exact) mass is 166 g/mol. The van der Waals surface area contributed by atoms with Crippen LogP contribution >= 0.6 is 17.0 Å². The van der Waals surface area contributed by atoms with Crippen molar-refractivity contribution in [2.24, 2.45) is 0 Å².